The van der Waals surface area contributed by atoms with Crippen molar-refractivity contribution in [3.8, 4) is 0 Å². The highest BCUT2D eigenvalue weighted by Crippen LogP contribution is 2.04. The molecule has 0 aromatic heterocycles. The maximum atomic E-state index is 10.3. The number of aldehydes is 1. The second kappa shape index (κ2) is 6.01. The van der Waals surface area contributed by atoms with Crippen molar-refractivity contribution >= 4 is 6.29 Å². The predicted octanol–water partition coefficient (Wildman–Crippen LogP) is -2.76. The molecule has 78 valence electrons. The molecule has 0 saturated carbocycles. The number of methoxy groups -OCH3 is 1. The van der Waals surface area contributed by atoms with E-state index < -0.39 is 31.0 Å². The van der Waals surface area contributed by atoms with Crippen LogP contribution in [0.5, 0.6) is 0 Å². The van der Waals surface area contributed by atoms with Gasteiger partial charge in [-0.2, -0.15) is 0 Å². The summed E-state index contributed by atoms with van der Waals surface area (Å²) in [5, 5.41) is 27.1. The molecule has 13 heavy (non-hydrogen) atoms. The van der Waals surface area contributed by atoms with Crippen molar-refractivity contribution in [3.05, 3.63) is 0 Å². The van der Waals surface area contributed by atoms with E-state index >= 15 is 0 Å². The Morgan fingerprint density at radius 2 is 2.00 bits per heavy atom. The molecule has 0 unspecified atom stereocenters. The van der Waals surface area contributed by atoms with Crippen LogP contribution in [0.4, 0.5) is 0 Å². The topological polar surface area (TPSA) is 113 Å². The molecule has 6 nitrogen and oxygen atoms in total. The van der Waals surface area contributed by atoms with Crippen molar-refractivity contribution in [1.82, 2.24) is 0 Å². The highest BCUT2D eigenvalue weighted by atomic mass is 16.5. The lowest BCUT2D eigenvalue weighted by Gasteiger charge is -2.25. The Morgan fingerprint density at radius 3 is 2.31 bits per heavy atom. The number of rotatable bonds is 6. The molecule has 4 atom stereocenters. The first kappa shape index (κ1) is 12.5. The van der Waals surface area contributed by atoms with Crippen molar-refractivity contribution in [1.29, 1.82) is 0 Å². The number of aliphatic hydroxyl groups is 3. The van der Waals surface area contributed by atoms with Crippen LogP contribution in [0.1, 0.15) is 0 Å². The maximum absolute atomic E-state index is 10.3. The van der Waals surface area contributed by atoms with Crippen LogP contribution in [0.25, 0.3) is 0 Å². The summed E-state index contributed by atoms with van der Waals surface area (Å²) in [5.74, 6) is 0. The molecule has 0 saturated heterocycles. The zero-order valence-corrected chi connectivity index (χ0v) is 7.33. The number of nitrogens with two attached hydrogens (primary N) is 1. The summed E-state index contributed by atoms with van der Waals surface area (Å²) in [7, 11) is 1.22. The third-order valence-electron chi connectivity index (χ3n) is 1.74. The highest BCUT2D eigenvalue weighted by Gasteiger charge is 2.29. The first-order valence-electron chi connectivity index (χ1n) is 3.79. The van der Waals surface area contributed by atoms with Gasteiger partial charge in [0.2, 0.25) is 0 Å². The van der Waals surface area contributed by atoms with Crippen LogP contribution in [0.15, 0.2) is 0 Å². The van der Waals surface area contributed by atoms with Gasteiger partial charge in [0.15, 0.2) is 6.29 Å². The third kappa shape index (κ3) is 3.37. The van der Waals surface area contributed by atoms with Gasteiger partial charge in [0.05, 0.1) is 12.6 Å². The Labute approximate surface area is 75.9 Å². The summed E-state index contributed by atoms with van der Waals surface area (Å²) in [4.78, 5) is 10.3. The maximum Gasteiger partial charge on any atom is 0.151 e. The molecule has 0 aliphatic heterocycles. The molecule has 0 rings (SSSR count). The number of aliphatic hydroxyl groups excluding tert-OH is 3. The largest absolute Gasteiger partial charge is 0.395 e. The Bertz CT molecular complexity index is 154. The summed E-state index contributed by atoms with van der Waals surface area (Å²) in [6.07, 6.45) is -3.59. The van der Waals surface area contributed by atoms with E-state index in [9.17, 15) is 15.0 Å². The lowest BCUT2D eigenvalue weighted by Crippen LogP contribution is -2.50. The van der Waals surface area contributed by atoms with Crippen LogP contribution in [0, 0.1) is 0 Å². The minimum absolute atomic E-state index is 0.359. The molecule has 0 heterocycles. The lowest BCUT2D eigenvalue weighted by molar-refractivity contribution is -0.131. The first-order chi connectivity index (χ1) is 6.08. The first-order valence-corrected chi connectivity index (χ1v) is 3.79. The van der Waals surface area contributed by atoms with E-state index in [2.05, 4.69) is 4.74 Å². The van der Waals surface area contributed by atoms with Gasteiger partial charge in [-0.3, -0.25) is 0 Å². The number of hydrogen-bond acceptors (Lipinski definition) is 6. The summed E-state index contributed by atoms with van der Waals surface area (Å²) in [6, 6.07) is -0.993. The summed E-state index contributed by atoms with van der Waals surface area (Å²) in [5.41, 5.74) is 5.23. The minimum Gasteiger partial charge on any atom is -0.395 e. The molecule has 0 radical (unpaired) electrons. The van der Waals surface area contributed by atoms with Gasteiger partial charge in [-0.1, -0.05) is 0 Å². The van der Waals surface area contributed by atoms with Gasteiger partial charge >= 0.3 is 0 Å². The van der Waals surface area contributed by atoms with E-state index in [4.69, 9.17) is 10.8 Å². The molecular formula is C7H15NO5. The molecular weight excluding hydrogens is 178 g/mol. The summed E-state index contributed by atoms with van der Waals surface area (Å²) >= 11 is 0. The SMILES string of the molecule is CO[C@@H](C=O)[C@@H](O)[C@H](O)[C@@H](N)CO. The smallest absolute Gasteiger partial charge is 0.151 e. The van der Waals surface area contributed by atoms with Crippen LogP contribution in [0.2, 0.25) is 0 Å². The lowest BCUT2D eigenvalue weighted by atomic mass is 10.0. The quantitative estimate of drug-likeness (QED) is 0.340. The van der Waals surface area contributed by atoms with Gasteiger partial charge in [-0.15, -0.1) is 0 Å². The van der Waals surface area contributed by atoms with E-state index in [0.29, 0.717) is 6.29 Å². The van der Waals surface area contributed by atoms with Gasteiger partial charge in [0, 0.05) is 7.11 Å². The highest BCUT2D eigenvalue weighted by molar-refractivity contribution is 5.57. The zero-order chi connectivity index (χ0) is 10.4. The van der Waals surface area contributed by atoms with Gasteiger partial charge < -0.3 is 30.6 Å². The van der Waals surface area contributed by atoms with Crippen molar-refractivity contribution < 1.29 is 24.9 Å². The van der Waals surface area contributed by atoms with E-state index in [1.165, 1.54) is 7.11 Å². The predicted molar refractivity (Wildman–Crippen MR) is 43.9 cm³/mol. The monoisotopic (exact) mass is 193 g/mol. The van der Waals surface area contributed by atoms with E-state index in [0.717, 1.165) is 0 Å². The summed E-state index contributed by atoms with van der Waals surface area (Å²) in [6.45, 7) is -0.479. The van der Waals surface area contributed by atoms with Crippen LogP contribution in [-0.2, 0) is 9.53 Å². The standard InChI is InChI=1S/C7H15NO5/c1-13-5(3-10)7(12)6(11)4(8)2-9/h3-7,9,11-12H,2,8H2,1H3/t4-,5-,6+,7+/m0/s1. The Hall–Kier alpha value is -0.530. The fourth-order valence-electron chi connectivity index (χ4n) is 0.831. The molecule has 0 bridgehead atoms. The molecule has 0 amide bonds. The van der Waals surface area contributed by atoms with Gasteiger partial charge in [0.25, 0.3) is 0 Å². The normalized spacial score (nSPS) is 20.4. The number of carbonyl (C=O) groups excluding carboxylic acids is 1. The molecule has 0 aliphatic rings. The number of ether oxygens (including phenoxy) is 1. The van der Waals surface area contributed by atoms with Gasteiger partial charge in [-0.25, -0.2) is 0 Å². The van der Waals surface area contributed by atoms with Crippen LogP contribution in [0.3, 0.4) is 0 Å². The second-order valence-electron chi connectivity index (χ2n) is 2.66. The van der Waals surface area contributed by atoms with Crippen LogP contribution in [-0.4, -0.2) is 59.7 Å². The Balaban J connectivity index is 4.21. The van der Waals surface area contributed by atoms with Crippen LogP contribution < -0.4 is 5.73 Å². The fraction of sp³-hybridized carbons (Fsp3) is 0.857. The molecule has 5 N–H and O–H groups in total. The number of carbonyl (C=O) groups is 1. The molecule has 0 aliphatic carbocycles. The van der Waals surface area contributed by atoms with Gasteiger partial charge in [0.1, 0.15) is 18.3 Å². The molecule has 0 aromatic carbocycles. The van der Waals surface area contributed by atoms with Gasteiger partial charge in [-0.05, 0) is 0 Å². The number of hydrogen-bond donors (Lipinski definition) is 4. The molecule has 0 spiro atoms. The van der Waals surface area contributed by atoms with Crippen molar-refractivity contribution in [2.45, 2.75) is 24.4 Å². The fourth-order valence-corrected chi connectivity index (χ4v) is 0.831. The van der Waals surface area contributed by atoms with Crippen LogP contribution >= 0.6 is 0 Å². The van der Waals surface area contributed by atoms with E-state index in [1.807, 2.05) is 0 Å². The molecule has 6 heteroatoms. The zero-order valence-electron chi connectivity index (χ0n) is 7.33. The van der Waals surface area contributed by atoms with E-state index in [-0.39, 0.29) is 0 Å². The second-order valence-corrected chi connectivity index (χ2v) is 2.66. The van der Waals surface area contributed by atoms with Crippen molar-refractivity contribution in [3.63, 3.8) is 0 Å². The summed E-state index contributed by atoms with van der Waals surface area (Å²) < 4.78 is 4.56. The molecule has 0 fully saturated rings. The molecule has 0 aromatic rings. The van der Waals surface area contributed by atoms with Crippen molar-refractivity contribution in [2.75, 3.05) is 13.7 Å². The average molecular weight is 193 g/mol. The average Bonchev–Trinajstić information content (AvgIpc) is 2.17. The van der Waals surface area contributed by atoms with E-state index in [1.54, 1.807) is 0 Å². The Kier molecular flexibility index (Phi) is 5.76. The minimum atomic E-state index is -1.43. The Morgan fingerprint density at radius 1 is 1.46 bits per heavy atom. The third-order valence-corrected chi connectivity index (χ3v) is 1.74. The van der Waals surface area contributed by atoms with Crippen molar-refractivity contribution in [2.24, 2.45) is 5.73 Å².